The van der Waals surface area contributed by atoms with E-state index in [0.29, 0.717) is 35.2 Å². The average molecular weight is 352 g/mol. The molecule has 24 heavy (non-hydrogen) atoms. The second-order valence-electron chi connectivity index (χ2n) is 6.65. The van der Waals surface area contributed by atoms with Crippen molar-refractivity contribution in [3.63, 3.8) is 0 Å². The van der Waals surface area contributed by atoms with E-state index in [1.165, 1.54) is 19.3 Å². The lowest BCUT2D eigenvalue weighted by atomic mass is 9.98. The average Bonchev–Trinajstić information content (AvgIpc) is 2.50. The maximum absolute atomic E-state index is 12.3. The standard InChI is InChI=1S/C18H26ClN3O2/c1-3-24-17-8-7-14(10-16(17)19)20-18(23)21-11-15(12-21)22-9-5-4-6-13(22)2/h7-8,10,13,15H,3-6,9,11-12H2,1-2H3,(H,20,23)/t13-/m0/s1. The molecule has 0 unspecified atom stereocenters. The number of amides is 2. The van der Waals surface area contributed by atoms with Crippen LogP contribution < -0.4 is 10.1 Å². The number of nitrogens with zero attached hydrogens (tertiary/aromatic N) is 2. The Kier molecular flexibility index (Phi) is 5.51. The summed E-state index contributed by atoms with van der Waals surface area (Å²) in [5.74, 6) is 0.639. The molecule has 1 aromatic rings. The fourth-order valence-electron chi connectivity index (χ4n) is 3.55. The van der Waals surface area contributed by atoms with Gasteiger partial charge >= 0.3 is 6.03 Å². The summed E-state index contributed by atoms with van der Waals surface area (Å²) in [4.78, 5) is 16.8. The van der Waals surface area contributed by atoms with Crippen molar-refractivity contribution < 1.29 is 9.53 Å². The van der Waals surface area contributed by atoms with Crippen molar-refractivity contribution in [2.45, 2.75) is 45.2 Å². The smallest absolute Gasteiger partial charge is 0.321 e. The van der Waals surface area contributed by atoms with Crippen LogP contribution in [0.4, 0.5) is 10.5 Å². The van der Waals surface area contributed by atoms with E-state index in [9.17, 15) is 4.79 Å². The van der Waals surface area contributed by atoms with Crippen molar-refractivity contribution in [3.05, 3.63) is 23.2 Å². The number of hydrogen-bond acceptors (Lipinski definition) is 3. The molecule has 0 spiro atoms. The third-order valence-corrected chi connectivity index (χ3v) is 5.25. The number of hydrogen-bond donors (Lipinski definition) is 1. The molecule has 1 atom stereocenters. The fourth-order valence-corrected chi connectivity index (χ4v) is 3.78. The number of urea groups is 1. The number of halogens is 1. The molecular weight excluding hydrogens is 326 g/mol. The number of benzene rings is 1. The van der Waals surface area contributed by atoms with E-state index in [4.69, 9.17) is 16.3 Å². The van der Waals surface area contributed by atoms with E-state index in [1.807, 2.05) is 17.9 Å². The van der Waals surface area contributed by atoms with Gasteiger partial charge in [-0.1, -0.05) is 18.0 Å². The van der Waals surface area contributed by atoms with Gasteiger partial charge in [-0.25, -0.2) is 4.79 Å². The lowest BCUT2D eigenvalue weighted by Gasteiger charge is -2.49. The minimum Gasteiger partial charge on any atom is -0.492 e. The van der Waals surface area contributed by atoms with Crippen LogP contribution in [0.3, 0.4) is 0 Å². The van der Waals surface area contributed by atoms with Crippen LogP contribution in [-0.4, -0.2) is 54.2 Å². The molecule has 0 aromatic heterocycles. The maximum Gasteiger partial charge on any atom is 0.321 e. The van der Waals surface area contributed by atoms with E-state index < -0.39 is 0 Å². The molecule has 132 valence electrons. The number of likely N-dealkylation sites (tertiary alicyclic amines) is 2. The molecule has 0 radical (unpaired) electrons. The van der Waals surface area contributed by atoms with Gasteiger partial charge in [-0.15, -0.1) is 0 Å². The Morgan fingerprint density at radius 1 is 1.38 bits per heavy atom. The van der Waals surface area contributed by atoms with Gasteiger partial charge in [-0.3, -0.25) is 4.90 Å². The molecule has 2 amide bonds. The third-order valence-electron chi connectivity index (χ3n) is 4.96. The molecule has 3 rings (SSSR count). The van der Waals surface area contributed by atoms with Gasteiger partial charge in [0.15, 0.2) is 0 Å². The lowest BCUT2D eigenvalue weighted by Crippen LogP contribution is -2.64. The number of piperidine rings is 1. The first-order chi connectivity index (χ1) is 11.6. The molecule has 5 nitrogen and oxygen atoms in total. The Bertz CT molecular complexity index is 590. The monoisotopic (exact) mass is 351 g/mol. The summed E-state index contributed by atoms with van der Waals surface area (Å²) in [5.41, 5.74) is 0.697. The number of carbonyl (C=O) groups is 1. The van der Waals surface area contributed by atoms with Crippen LogP contribution in [0, 0.1) is 0 Å². The highest BCUT2D eigenvalue weighted by Crippen LogP contribution is 2.29. The predicted octanol–water partition coefficient (Wildman–Crippen LogP) is 3.83. The first-order valence-electron chi connectivity index (χ1n) is 8.82. The second-order valence-corrected chi connectivity index (χ2v) is 7.06. The SMILES string of the molecule is CCOc1ccc(NC(=O)N2CC(N3CCCC[C@@H]3C)C2)cc1Cl. The van der Waals surface area contributed by atoms with Gasteiger partial charge in [0.1, 0.15) is 5.75 Å². The Hall–Kier alpha value is -1.46. The zero-order chi connectivity index (χ0) is 17.1. The Labute approximate surface area is 148 Å². The number of carbonyl (C=O) groups excluding carboxylic acids is 1. The fraction of sp³-hybridized carbons (Fsp3) is 0.611. The van der Waals surface area contributed by atoms with Crippen molar-refractivity contribution in [1.29, 1.82) is 0 Å². The summed E-state index contributed by atoms with van der Waals surface area (Å²) in [6.45, 7) is 7.55. The van der Waals surface area contributed by atoms with Gasteiger partial charge in [0.05, 0.1) is 11.6 Å². The van der Waals surface area contributed by atoms with Crippen molar-refractivity contribution in [2.24, 2.45) is 0 Å². The van der Waals surface area contributed by atoms with Gasteiger partial charge in [-0.2, -0.15) is 0 Å². The molecule has 1 aromatic carbocycles. The van der Waals surface area contributed by atoms with Crippen LogP contribution in [0.25, 0.3) is 0 Å². The first kappa shape index (κ1) is 17.4. The lowest BCUT2D eigenvalue weighted by molar-refractivity contribution is 0.0199. The molecule has 1 N–H and O–H groups in total. The minimum atomic E-state index is -0.0591. The quantitative estimate of drug-likeness (QED) is 0.896. The van der Waals surface area contributed by atoms with E-state index in [1.54, 1.807) is 12.1 Å². The van der Waals surface area contributed by atoms with Crippen molar-refractivity contribution >= 4 is 23.3 Å². The summed E-state index contributed by atoms with van der Waals surface area (Å²) >= 11 is 6.16. The van der Waals surface area contributed by atoms with Crippen LogP contribution in [0.5, 0.6) is 5.75 Å². The van der Waals surface area contributed by atoms with Crippen LogP contribution in [0.2, 0.25) is 5.02 Å². The number of nitrogens with one attached hydrogen (secondary N) is 1. The van der Waals surface area contributed by atoms with Gasteiger partial charge in [0.25, 0.3) is 0 Å². The topological polar surface area (TPSA) is 44.8 Å². The molecule has 2 saturated heterocycles. The van der Waals surface area contributed by atoms with Crippen molar-refractivity contribution in [1.82, 2.24) is 9.80 Å². The number of rotatable bonds is 4. The van der Waals surface area contributed by atoms with Crippen LogP contribution >= 0.6 is 11.6 Å². The zero-order valence-corrected chi connectivity index (χ0v) is 15.2. The highest BCUT2D eigenvalue weighted by atomic mass is 35.5. The van der Waals surface area contributed by atoms with Crippen LogP contribution in [0.1, 0.15) is 33.1 Å². The van der Waals surface area contributed by atoms with Gasteiger partial charge in [0, 0.05) is 30.9 Å². The molecule has 2 aliphatic heterocycles. The maximum atomic E-state index is 12.3. The molecule has 2 fully saturated rings. The molecular formula is C18H26ClN3O2. The van der Waals surface area contributed by atoms with Gasteiger partial charge in [0.2, 0.25) is 0 Å². The van der Waals surface area contributed by atoms with E-state index >= 15 is 0 Å². The highest BCUT2D eigenvalue weighted by Gasteiger charge is 2.37. The van der Waals surface area contributed by atoms with Crippen LogP contribution in [0.15, 0.2) is 18.2 Å². The normalized spacial score (nSPS) is 22.1. The number of anilines is 1. The van der Waals surface area contributed by atoms with Crippen molar-refractivity contribution in [3.8, 4) is 5.75 Å². The Morgan fingerprint density at radius 3 is 2.83 bits per heavy atom. The summed E-state index contributed by atoms with van der Waals surface area (Å²) in [6, 6.07) is 6.42. The van der Waals surface area contributed by atoms with Gasteiger partial charge < -0.3 is 15.0 Å². The molecule has 0 bridgehead atoms. The zero-order valence-electron chi connectivity index (χ0n) is 14.4. The predicted molar refractivity (Wildman–Crippen MR) is 97.0 cm³/mol. The molecule has 2 aliphatic rings. The van der Waals surface area contributed by atoms with E-state index in [0.717, 1.165) is 19.6 Å². The van der Waals surface area contributed by atoms with Gasteiger partial charge in [-0.05, 0) is 51.4 Å². The molecule has 2 heterocycles. The Balaban J connectivity index is 1.51. The summed E-state index contributed by atoms with van der Waals surface area (Å²) in [7, 11) is 0. The second kappa shape index (κ2) is 7.62. The molecule has 0 aliphatic carbocycles. The first-order valence-corrected chi connectivity index (χ1v) is 9.20. The van der Waals surface area contributed by atoms with E-state index in [2.05, 4.69) is 17.1 Å². The largest absolute Gasteiger partial charge is 0.492 e. The Morgan fingerprint density at radius 2 is 2.17 bits per heavy atom. The summed E-state index contributed by atoms with van der Waals surface area (Å²) in [6.07, 6.45) is 3.87. The minimum absolute atomic E-state index is 0.0591. The number of ether oxygens (including phenoxy) is 1. The molecule has 0 saturated carbocycles. The van der Waals surface area contributed by atoms with E-state index in [-0.39, 0.29) is 6.03 Å². The molecule has 6 heteroatoms. The third kappa shape index (κ3) is 3.78. The van der Waals surface area contributed by atoms with Crippen LogP contribution in [-0.2, 0) is 0 Å². The summed E-state index contributed by atoms with van der Waals surface area (Å²) < 4.78 is 5.41. The summed E-state index contributed by atoms with van der Waals surface area (Å²) in [5, 5.41) is 3.43. The highest BCUT2D eigenvalue weighted by molar-refractivity contribution is 6.32. The van der Waals surface area contributed by atoms with Crippen molar-refractivity contribution in [2.75, 3.05) is 31.6 Å².